The van der Waals surface area contributed by atoms with E-state index >= 15 is 0 Å². The highest BCUT2D eigenvalue weighted by atomic mass is 19.4. The number of methoxy groups -OCH3 is 2. The van der Waals surface area contributed by atoms with Crippen LogP contribution in [0.15, 0.2) is 79.1 Å². The second-order valence-electron chi connectivity index (χ2n) is 6.80. The zero-order valence-electron chi connectivity index (χ0n) is 17.9. The molecule has 0 atom stereocenters. The monoisotopic (exact) mass is 458 g/mol. The molecule has 3 rings (SSSR count). The van der Waals surface area contributed by atoms with Gasteiger partial charge in [-0.2, -0.15) is 13.2 Å². The van der Waals surface area contributed by atoms with Crippen LogP contribution < -0.4 is 9.47 Å². The largest absolute Gasteiger partial charge is 0.503 e. The second kappa shape index (κ2) is 10.6. The lowest BCUT2D eigenvalue weighted by Crippen LogP contribution is -2.08. The predicted molar refractivity (Wildman–Crippen MR) is 116 cm³/mol. The van der Waals surface area contributed by atoms with E-state index in [2.05, 4.69) is 0 Å². The van der Waals surface area contributed by atoms with Crippen molar-refractivity contribution in [3.63, 3.8) is 0 Å². The van der Waals surface area contributed by atoms with E-state index in [0.717, 1.165) is 17.7 Å². The van der Waals surface area contributed by atoms with Crippen LogP contribution in [-0.2, 0) is 27.1 Å². The van der Waals surface area contributed by atoms with Gasteiger partial charge in [-0.05, 0) is 59.7 Å². The number of rotatable bonds is 8. The van der Waals surface area contributed by atoms with Gasteiger partial charge in [0.1, 0.15) is 29.4 Å². The second-order valence-corrected chi connectivity index (χ2v) is 6.80. The fourth-order valence-corrected chi connectivity index (χ4v) is 2.97. The van der Waals surface area contributed by atoms with E-state index in [1.54, 1.807) is 36.4 Å². The van der Waals surface area contributed by atoms with Crippen molar-refractivity contribution in [2.24, 2.45) is 0 Å². The van der Waals surface area contributed by atoms with E-state index in [4.69, 9.17) is 18.9 Å². The Morgan fingerprint density at radius 3 is 2.00 bits per heavy atom. The molecule has 172 valence electrons. The summed E-state index contributed by atoms with van der Waals surface area (Å²) in [5, 5.41) is 0. The zero-order chi connectivity index (χ0) is 23.8. The molecule has 3 aromatic carbocycles. The Labute approximate surface area is 189 Å². The minimum absolute atomic E-state index is 0.174. The lowest BCUT2D eigenvalue weighted by molar-refractivity contribution is -0.137. The first-order chi connectivity index (χ1) is 15.8. The summed E-state index contributed by atoms with van der Waals surface area (Å²) in [7, 11) is 2.73. The number of hydrogen-bond acceptors (Lipinski definition) is 5. The number of carbonyl (C=O) groups excluding carboxylic acids is 1. The predicted octanol–water partition coefficient (Wildman–Crippen LogP) is 6.24. The van der Waals surface area contributed by atoms with E-state index in [1.807, 2.05) is 12.1 Å². The van der Waals surface area contributed by atoms with Crippen LogP contribution in [0.3, 0.4) is 0 Å². The SMILES string of the molecule is COC=C(C(=O)OC)c1ccccc1COc1ccc(Oc2ccc(C(F)(F)F)cc2)cc1. The maximum atomic E-state index is 12.7. The van der Waals surface area contributed by atoms with Crippen molar-refractivity contribution in [1.82, 2.24) is 0 Å². The smallest absolute Gasteiger partial charge is 0.416 e. The molecule has 0 spiro atoms. The summed E-state index contributed by atoms with van der Waals surface area (Å²) in [5.74, 6) is 0.735. The number of carbonyl (C=O) groups is 1. The normalized spacial score (nSPS) is 11.6. The molecule has 5 nitrogen and oxygen atoms in total. The number of benzene rings is 3. The number of halogens is 3. The molecule has 0 heterocycles. The van der Waals surface area contributed by atoms with Gasteiger partial charge in [0.2, 0.25) is 0 Å². The van der Waals surface area contributed by atoms with E-state index in [0.29, 0.717) is 17.1 Å². The Morgan fingerprint density at radius 2 is 1.42 bits per heavy atom. The lowest BCUT2D eigenvalue weighted by Gasteiger charge is -2.13. The van der Waals surface area contributed by atoms with Crippen LogP contribution in [0, 0.1) is 0 Å². The molecule has 33 heavy (non-hydrogen) atoms. The molecule has 0 fully saturated rings. The van der Waals surface area contributed by atoms with E-state index in [9.17, 15) is 18.0 Å². The molecule has 0 N–H and O–H groups in total. The molecule has 0 saturated heterocycles. The van der Waals surface area contributed by atoms with Crippen molar-refractivity contribution in [2.45, 2.75) is 12.8 Å². The van der Waals surface area contributed by atoms with Crippen LogP contribution in [0.2, 0.25) is 0 Å². The molecule has 0 aliphatic heterocycles. The highest BCUT2D eigenvalue weighted by Crippen LogP contribution is 2.32. The lowest BCUT2D eigenvalue weighted by atomic mass is 10.0. The molecule has 3 aromatic rings. The fourth-order valence-electron chi connectivity index (χ4n) is 2.97. The number of alkyl halides is 3. The average molecular weight is 458 g/mol. The van der Waals surface area contributed by atoms with Gasteiger partial charge in [-0.1, -0.05) is 24.3 Å². The van der Waals surface area contributed by atoms with Crippen LogP contribution in [-0.4, -0.2) is 20.2 Å². The van der Waals surface area contributed by atoms with Gasteiger partial charge in [-0.3, -0.25) is 0 Å². The number of ether oxygens (including phenoxy) is 4. The Hall–Kier alpha value is -3.94. The van der Waals surface area contributed by atoms with Crippen molar-refractivity contribution in [3.05, 3.63) is 95.7 Å². The van der Waals surface area contributed by atoms with Crippen LogP contribution in [0.4, 0.5) is 13.2 Å². The molecular formula is C25H21F3O5. The minimum Gasteiger partial charge on any atom is -0.503 e. The average Bonchev–Trinajstić information content (AvgIpc) is 2.82. The van der Waals surface area contributed by atoms with Crippen molar-refractivity contribution in [2.75, 3.05) is 14.2 Å². The van der Waals surface area contributed by atoms with Gasteiger partial charge in [-0.25, -0.2) is 4.79 Å². The molecule has 0 amide bonds. The van der Waals surface area contributed by atoms with Gasteiger partial charge in [0.05, 0.1) is 26.0 Å². The molecular weight excluding hydrogens is 437 g/mol. The summed E-state index contributed by atoms with van der Waals surface area (Å²) in [6.45, 7) is 0.174. The Kier molecular flexibility index (Phi) is 7.61. The third kappa shape index (κ3) is 6.29. The molecule has 0 aromatic heterocycles. The van der Waals surface area contributed by atoms with Crippen molar-refractivity contribution in [1.29, 1.82) is 0 Å². The molecule has 0 unspecified atom stereocenters. The van der Waals surface area contributed by atoms with Gasteiger partial charge < -0.3 is 18.9 Å². The minimum atomic E-state index is -4.40. The summed E-state index contributed by atoms with van der Waals surface area (Å²) >= 11 is 0. The van der Waals surface area contributed by atoms with Crippen molar-refractivity contribution in [3.8, 4) is 17.2 Å². The molecule has 0 radical (unpaired) electrons. The van der Waals surface area contributed by atoms with E-state index < -0.39 is 17.7 Å². The topological polar surface area (TPSA) is 54.0 Å². The highest BCUT2D eigenvalue weighted by molar-refractivity contribution is 6.16. The first-order valence-corrected chi connectivity index (χ1v) is 9.79. The van der Waals surface area contributed by atoms with Gasteiger partial charge in [-0.15, -0.1) is 0 Å². The van der Waals surface area contributed by atoms with Crippen molar-refractivity contribution < 1.29 is 36.9 Å². The third-order valence-corrected chi connectivity index (χ3v) is 4.58. The Morgan fingerprint density at radius 1 is 0.848 bits per heavy atom. The molecule has 0 aliphatic carbocycles. The maximum Gasteiger partial charge on any atom is 0.416 e. The Balaban J connectivity index is 1.67. The van der Waals surface area contributed by atoms with Gasteiger partial charge >= 0.3 is 12.1 Å². The van der Waals surface area contributed by atoms with E-state index in [1.165, 1.54) is 32.6 Å². The summed E-state index contributed by atoms with van der Waals surface area (Å²) in [4.78, 5) is 12.1. The molecule has 0 saturated carbocycles. The van der Waals surface area contributed by atoms with Crippen LogP contribution >= 0.6 is 0 Å². The highest BCUT2D eigenvalue weighted by Gasteiger charge is 2.30. The summed E-state index contributed by atoms with van der Waals surface area (Å²) in [6.07, 6.45) is -3.08. The summed E-state index contributed by atoms with van der Waals surface area (Å²) in [5.41, 5.74) is 0.888. The quantitative estimate of drug-likeness (QED) is 0.227. The molecule has 0 bridgehead atoms. The van der Waals surface area contributed by atoms with Crippen LogP contribution in [0.25, 0.3) is 5.57 Å². The van der Waals surface area contributed by atoms with Gasteiger partial charge in [0.15, 0.2) is 0 Å². The number of hydrogen-bond donors (Lipinski definition) is 0. The first-order valence-electron chi connectivity index (χ1n) is 9.79. The molecule has 0 aliphatic rings. The standard InChI is InChI=1S/C25H21F3O5/c1-30-16-23(24(29)31-2)22-6-4-3-5-17(22)15-32-19-11-13-21(14-12-19)33-20-9-7-18(8-10-20)25(26,27)28/h3-14,16H,15H2,1-2H3. The molecule has 8 heteroatoms. The fraction of sp³-hybridized carbons (Fsp3) is 0.160. The van der Waals surface area contributed by atoms with Crippen LogP contribution in [0.5, 0.6) is 17.2 Å². The van der Waals surface area contributed by atoms with Crippen molar-refractivity contribution >= 4 is 11.5 Å². The summed E-state index contributed by atoms with van der Waals surface area (Å²) < 4.78 is 59.2. The number of esters is 1. The zero-order valence-corrected chi connectivity index (χ0v) is 17.9. The Bertz CT molecular complexity index is 1100. The summed E-state index contributed by atoms with van der Waals surface area (Å²) in [6, 6.07) is 18.3. The van der Waals surface area contributed by atoms with E-state index in [-0.39, 0.29) is 17.9 Å². The van der Waals surface area contributed by atoms with Gasteiger partial charge in [0, 0.05) is 0 Å². The third-order valence-electron chi connectivity index (χ3n) is 4.58. The first kappa shape index (κ1) is 23.7. The maximum absolute atomic E-state index is 12.7. The van der Waals surface area contributed by atoms with Crippen LogP contribution in [0.1, 0.15) is 16.7 Å². The van der Waals surface area contributed by atoms with Gasteiger partial charge in [0.25, 0.3) is 0 Å².